The summed E-state index contributed by atoms with van der Waals surface area (Å²) in [6.07, 6.45) is 30.9. The van der Waals surface area contributed by atoms with Gasteiger partial charge in [-0.15, -0.1) is 0 Å². The van der Waals surface area contributed by atoms with E-state index in [0.29, 0.717) is 12.8 Å². The summed E-state index contributed by atoms with van der Waals surface area (Å²) in [6.45, 7) is 6.15. The lowest BCUT2D eigenvalue weighted by Gasteiger charge is -2.15. The van der Waals surface area contributed by atoms with Gasteiger partial charge in [-0.25, -0.2) is 0 Å². The molecule has 2 atom stereocenters. The van der Waals surface area contributed by atoms with Gasteiger partial charge in [0.1, 0.15) is 6.61 Å². The molecule has 0 saturated heterocycles. The van der Waals surface area contributed by atoms with E-state index >= 15 is 0 Å². The van der Waals surface area contributed by atoms with Gasteiger partial charge in [0.25, 0.3) is 0 Å². The zero-order chi connectivity index (χ0) is 30.4. The molecule has 0 fully saturated rings. The summed E-state index contributed by atoms with van der Waals surface area (Å²) in [5.74, 6) is 0.0719. The molecule has 0 rings (SSSR count). The van der Waals surface area contributed by atoms with Gasteiger partial charge in [0.2, 0.25) is 0 Å². The second-order valence-corrected chi connectivity index (χ2v) is 11.2. The molecule has 0 spiro atoms. The van der Waals surface area contributed by atoms with Crippen LogP contribution in [-0.2, 0) is 19.1 Å². The summed E-state index contributed by atoms with van der Waals surface area (Å²) in [4.78, 5) is 24.0. The highest BCUT2D eigenvalue weighted by atomic mass is 16.6. The maximum atomic E-state index is 12.0. The van der Waals surface area contributed by atoms with Crippen molar-refractivity contribution in [2.45, 2.75) is 142 Å². The highest BCUT2D eigenvalue weighted by Gasteiger charge is 2.16. The normalized spacial score (nSPS) is 13.7. The highest BCUT2D eigenvalue weighted by Crippen LogP contribution is 2.12. The Morgan fingerprint density at radius 3 is 1.93 bits per heavy atom. The number of hydrogen-bond acceptors (Lipinski definition) is 6. The Labute approximate surface area is 251 Å². The van der Waals surface area contributed by atoms with Crippen molar-refractivity contribution in [2.24, 2.45) is 5.92 Å². The number of unbranched alkanes of at least 4 members (excludes halogenated alkanes) is 7. The van der Waals surface area contributed by atoms with E-state index in [1.165, 1.54) is 25.7 Å². The van der Waals surface area contributed by atoms with Crippen molar-refractivity contribution in [1.29, 1.82) is 0 Å². The van der Waals surface area contributed by atoms with Gasteiger partial charge in [0.05, 0.1) is 12.7 Å². The Kier molecular flexibility index (Phi) is 27.8. The predicted molar refractivity (Wildman–Crippen MR) is 169 cm³/mol. The summed E-state index contributed by atoms with van der Waals surface area (Å²) >= 11 is 0. The first kappa shape index (κ1) is 38.8. The van der Waals surface area contributed by atoms with Gasteiger partial charge in [-0.3, -0.25) is 9.59 Å². The number of carbonyl (C=O) groups is 2. The van der Waals surface area contributed by atoms with E-state index in [1.54, 1.807) is 0 Å². The van der Waals surface area contributed by atoms with E-state index in [-0.39, 0.29) is 37.7 Å². The molecule has 6 heteroatoms. The van der Waals surface area contributed by atoms with Crippen molar-refractivity contribution < 1.29 is 29.3 Å². The molecule has 0 aromatic rings. The number of aliphatic hydroxyl groups excluding tert-OH is 2. The number of hydrogen-bond donors (Lipinski definition) is 2. The van der Waals surface area contributed by atoms with Crippen LogP contribution in [0.25, 0.3) is 0 Å². The lowest BCUT2D eigenvalue weighted by atomic mass is 10.0. The molecule has 6 nitrogen and oxygen atoms in total. The van der Waals surface area contributed by atoms with Gasteiger partial charge in [-0.05, 0) is 50.9 Å². The van der Waals surface area contributed by atoms with Crippen molar-refractivity contribution in [3.05, 3.63) is 48.6 Å². The molecule has 0 aliphatic carbocycles. The van der Waals surface area contributed by atoms with Gasteiger partial charge in [0, 0.05) is 12.8 Å². The SMILES string of the molecule is CCCC[C@H](O)/C=C\C/C=C\C/C=C\C/C=C\CCCC(=O)OC[C@H](CO)OC(=O)CCCCCCCCC(C)C. The van der Waals surface area contributed by atoms with E-state index in [9.17, 15) is 19.8 Å². The van der Waals surface area contributed by atoms with E-state index in [2.05, 4.69) is 57.2 Å². The Balaban J connectivity index is 3.78. The maximum absolute atomic E-state index is 12.0. The molecule has 236 valence electrons. The van der Waals surface area contributed by atoms with E-state index in [4.69, 9.17) is 9.47 Å². The lowest BCUT2D eigenvalue weighted by Crippen LogP contribution is -2.28. The standard InChI is InChI=1S/C35H60O6/c1-4-5-25-32(37)26-21-17-12-10-8-6-7-9-11-13-18-22-27-34(38)40-30-33(29-36)41-35(39)28-23-19-15-14-16-20-24-31(2)3/h6-7,10-13,21,26,31-33,36-37H,4-5,8-9,14-20,22-25,27-30H2,1-3H3/b7-6-,12-10-,13-11-,26-21-/t32-,33-/m0/s1. The summed E-state index contributed by atoms with van der Waals surface area (Å²) in [5, 5.41) is 19.2. The third-order valence-electron chi connectivity index (χ3n) is 6.62. The summed E-state index contributed by atoms with van der Waals surface area (Å²) in [5.41, 5.74) is 0. The van der Waals surface area contributed by atoms with Crippen molar-refractivity contribution in [3.63, 3.8) is 0 Å². The molecule has 2 N–H and O–H groups in total. The second-order valence-electron chi connectivity index (χ2n) is 11.2. The van der Waals surface area contributed by atoms with Crippen LogP contribution in [0.15, 0.2) is 48.6 Å². The third kappa shape index (κ3) is 29.1. The van der Waals surface area contributed by atoms with Crippen LogP contribution in [0.4, 0.5) is 0 Å². The molecule has 0 saturated carbocycles. The molecule has 0 aromatic carbocycles. The monoisotopic (exact) mass is 576 g/mol. The zero-order valence-corrected chi connectivity index (χ0v) is 26.3. The van der Waals surface area contributed by atoms with E-state index in [1.807, 2.05) is 12.2 Å². The molecule has 0 aliphatic rings. The molecular weight excluding hydrogens is 516 g/mol. The van der Waals surface area contributed by atoms with Crippen molar-refractivity contribution in [1.82, 2.24) is 0 Å². The number of aliphatic hydroxyl groups is 2. The van der Waals surface area contributed by atoms with E-state index in [0.717, 1.165) is 70.1 Å². The number of esters is 2. The Morgan fingerprint density at radius 2 is 1.29 bits per heavy atom. The van der Waals surface area contributed by atoms with Crippen LogP contribution in [0, 0.1) is 5.92 Å². The van der Waals surface area contributed by atoms with Crippen molar-refractivity contribution >= 4 is 11.9 Å². The highest BCUT2D eigenvalue weighted by molar-refractivity contribution is 5.70. The number of allylic oxidation sites excluding steroid dienone is 7. The fourth-order valence-corrected chi connectivity index (χ4v) is 4.10. The van der Waals surface area contributed by atoms with Gasteiger partial charge in [-0.2, -0.15) is 0 Å². The molecule has 41 heavy (non-hydrogen) atoms. The summed E-state index contributed by atoms with van der Waals surface area (Å²) < 4.78 is 10.5. The minimum absolute atomic E-state index is 0.108. The number of carbonyl (C=O) groups excluding carboxylic acids is 2. The van der Waals surface area contributed by atoms with Gasteiger partial charge in [-0.1, -0.05) is 121 Å². The Bertz CT molecular complexity index is 737. The largest absolute Gasteiger partial charge is 0.462 e. The fraction of sp³-hybridized carbons (Fsp3) is 0.714. The van der Waals surface area contributed by atoms with Crippen LogP contribution in [-0.4, -0.2) is 47.6 Å². The quantitative estimate of drug-likeness (QED) is 0.0580. The first-order chi connectivity index (χ1) is 19.9. The third-order valence-corrected chi connectivity index (χ3v) is 6.62. The second kappa shape index (κ2) is 29.3. The molecule has 0 amide bonds. The molecule has 0 radical (unpaired) electrons. The molecular formula is C35H60O6. The molecule has 0 bridgehead atoms. The van der Waals surface area contributed by atoms with Gasteiger partial charge in [0.15, 0.2) is 6.10 Å². The first-order valence-electron chi connectivity index (χ1n) is 16.1. The topological polar surface area (TPSA) is 93.1 Å². The average Bonchev–Trinajstić information content (AvgIpc) is 2.95. The van der Waals surface area contributed by atoms with Gasteiger partial charge < -0.3 is 19.7 Å². The average molecular weight is 577 g/mol. The van der Waals surface area contributed by atoms with Crippen LogP contribution in [0.3, 0.4) is 0 Å². The van der Waals surface area contributed by atoms with Gasteiger partial charge >= 0.3 is 11.9 Å². The molecule has 0 unspecified atom stereocenters. The van der Waals surface area contributed by atoms with Crippen LogP contribution in [0.2, 0.25) is 0 Å². The minimum atomic E-state index is -0.802. The fourth-order valence-electron chi connectivity index (χ4n) is 4.10. The summed E-state index contributed by atoms with van der Waals surface area (Å²) in [6, 6.07) is 0. The Hall–Kier alpha value is -2.18. The minimum Gasteiger partial charge on any atom is -0.462 e. The van der Waals surface area contributed by atoms with Crippen LogP contribution < -0.4 is 0 Å². The summed E-state index contributed by atoms with van der Waals surface area (Å²) in [7, 11) is 0. The van der Waals surface area contributed by atoms with Crippen LogP contribution >= 0.6 is 0 Å². The molecule has 0 heterocycles. The lowest BCUT2D eigenvalue weighted by molar-refractivity contribution is -0.161. The number of rotatable bonds is 27. The molecule has 0 aromatic heterocycles. The van der Waals surface area contributed by atoms with Crippen LogP contribution in [0.5, 0.6) is 0 Å². The van der Waals surface area contributed by atoms with Crippen LogP contribution in [0.1, 0.15) is 130 Å². The predicted octanol–water partition coefficient (Wildman–Crippen LogP) is 8.33. The maximum Gasteiger partial charge on any atom is 0.306 e. The van der Waals surface area contributed by atoms with E-state index < -0.39 is 6.10 Å². The van der Waals surface area contributed by atoms with Crippen molar-refractivity contribution in [2.75, 3.05) is 13.2 Å². The number of ether oxygens (including phenoxy) is 2. The first-order valence-corrected chi connectivity index (χ1v) is 16.1. The smallest absolute Gasteiger partial charge is 0.306 e. The van der Waals surface area contributed by atoms with Crippen molar-refractivity contribution in [3.8, 4) is 0 Å². The zero-order valence-electron chi connectivity index (χ0n) is 26.3. The Morgan fingerprint density at radius 1 is 0.707 bits per heavy atom. The molecule has 0 aliphatic heterocycles.